The molecule has 2 N–H and O–H groups in total. The van der Waals surface area contributed by atoms with Crippen molar-refractivity contribution in [3.63, 3.8) is 0 Å². The molecule has 58 heavy (non-hydrogen) atoms. The molecule has 0 bridgehead atoms. The molecule has 0 aliphatic carbocycles. The summed E-state index contributed by atoms with van der Waals surface area (Å²) < 4.78 is 11.7. The van der Waals surface area contributed by atoms with Gasteiger partial charge in [-0.1, -0.05) is 48.5 Å². The van der Waals surface area contributed by atoms with Gasteiger partial charge in [0.1, 0.15) is 83.8 Å². The highest BCUT2D eigenvalue weighted by Gasteiger charge is 2.21. The Hall–Kier alpha value is -9.24. The number of nitrogens with zero attached hydrogens (tertiary/aromatic N) is 8. The largest absolute Gasteiger partial charge is 0.457 e. The molecular formula is C46H24N8O4. The van der Waals surface area contributed by atoms with Crippen LogP contribution in [0.5, 0.6) is 23.0 Å². The van der Waals surface area contributed by atoms with Crippen LogP contribution in [0.1, 0.15) is 79.0 Å². The molecule has 6 aromatic carbocycles. The van der Waals surface area contributed by atoms with Crippen molar-refractivity contribution in [2.24, 2.45) is 0 Å². The van der Waals surface area contributed by atoms with Crippen LogP contribution in [0.15, 0.2) is 121 Å². The number of hydrogen-bond acceptors (Lipinski definition) is 12. The summed E-state index contributed by atoms with van der Waals surface area (Å²) in [4.78, 5) is 0. The van der Waals surface area contributed by atoms with Gasteiger partial charge in [-0.15, -0.1) is 0 Å². The Morgan fingerprint density at radius 3 is 1.07 bits per heavy atom. The van der Waals surface area contributed by atoms with Crippen molar-refractivity contribution in [2.45, 2.75) is 12.2 Å². The highest BCUT2D eigenvalue weighted by Crippen LogP contribution is 2.33. The number of ether oxygens (including phenoxy) is 2. The summed E-state index contributed by atoms with van der Waals surface area (Å²) in [5.74, 6) is 1.70. The quantitative estimate of drug-likeness (QED) is 0.150. The van der Waals surface area contributed by atoms with Gasteiger partial charge in [0.15, 0.2) is 0 Å². The maximum absolute atomic E-state index is 11.0. The molecule has 0 aromatic heterocycles. The average molecular weight is 753 g/mol. The minimum atomic E-state index is -1.27. The first kappa shape index (κ1) is 40.0. The van der Waals surface area contributed by atoms with E-state index in [1.165, 1.54) is 48.5 Å². The van der Waals surface area contributed by atoms with Crippen LogP contribution >= 0.6 is 0 Å². The van der Waals surface area contributed by atoms with Gasteiger partial charge in [0.25, 0.3) is 0 Å². The van der Waals surface area contributed by atoms with Crippen molar-refractivity contribution in [1.82, 2.24) is 0 Å². The Kier molecular flexibility index (Phi) is 12.9. The molecule has 6 aromatic rings. The van der Waals surface area contributed by atoms with Crippen LogP contribution in [0.3, 0.4) is 0 Å². The number of aliphatic hydroxyl groups is 2. The standard InChI is InChI=1S/C29H16N4O3.C17H8N4O/c30-15-21-7-9-27(13-23(21)17-32)35-25-5-1-3-19(11-25)29(34)20-4-2-6-26(12-20)36-28-10-8-22(16-31)24(14-28)18-33;18-7-11-3-1-5-13(15(11)9-20)17(22)14-6-2-4-12(8-19)16(14)10-21/h1-14,29,34H;1-6,17,22H. The predicted molar refractivity (Wildman–Crippen MR) is 205 cm³/mol. The molecule has 0 aliphatic heterocycles. The Balaban J connectivity index is 0.000000249. The molecule has 0 spiro atoms. The summed E-state index contributed by atoms with van der Waals surface area (Å²) in [5.41, 5.74) is 2.98. The summed E-state index contributed by atoms with van der Waals surface area (Å²) >= 11 is 0. The van der Waals surface area contributed by atoms with Crippen LogP contribution in [0.4, 0.5) is 0 Å². The van der Waals surface area contributed by atoms with Crippen LogP contribution in [0.25, 0.3) is 0 Å². The van der Waals surface area contributed by atoms with E-state index in [9.17, 15) is 31.3 Å². The second-order valence-corrected chi connectivity index (χ2v) is 12.0. The van der Waals surface area contributed by atoms with E-state index in [4.69, 9.17) is 30.5 Å². The van der Waals surface area contributed by atoms with Crippen molar-refractivity contribution in [3.05, 3.63) is 188 Å². The van der Waals surface area contributed by atoms with E-state index in [1.54, 1.807) is 72.8 Å². The number of hydrogen-bond donors (Lipinski definition) is 2. The lowest BCUT2D eigenvalue weighted by molar-refractivity contribution is 0.219. The number of benzene rings is 6. The van der Waals surface area contributed by atoms with Crippen molar-refractivity contribution < 1.29 is 19.7 Å². The maximum atomic E-state index is 11.0. The molecule has 0 fully saturated rings. The molecule has 0 aliphatic rings. The second kappa shape index (κ2) is 18.7. The first-order valence-electron chi connectivity index (χ1n) is 16.9. The van der Waals surface area contributed by atoms with E-state index in [-0.39, 0.29) is 55.6 Å². The molecule has 0 unspecified atom stereocenters. The molecule has 6 rings (SSSR count). The number of rotatable bonds is 8. The Morgan fingerprint density at radius 2 is 0.707 bits per heavy atom. The lowest BCUT2D eigenvalue weighted by Gasteiger charge is -2.15. The SMILES string of the molecule is N#Cc1ccc(Oc2cccc(C(O)c3cccc(Oc4ccc(C#N)c(C#N)c4)c3)c2)cc1C#N.N#Cc1cccc(C(O)c2cccc(C#N)c2C#N)c1C#N. The van der Waals surface area contributed by atoms with E-state index in [2.05, 4.69) is 0 Å². The topological polar surface area (TPSA) is 249 Å². The van der Waals surface area contributed by atoms with Crippen LogP contribution in [0.2, 0.25) is 0 Å². The summed E-state index contributed by atoms with van der Waals surface area (Å²) in [6.45, 7) is 0. The fraction of sp³-hybridized carbons (Fsp3) is 0.0435. The van der Waals surface area contributed by atoms with E-state index in [0.29, 0.717) is 34.1 Å². The van der Waals surface area contributed by atoms with Gasteiger partial charge in [-0.25, -0.2) is 0 Å². The zero-order chi connectivity index (χ0) is 41.6. The lowest BCUT2D eigenvalue weighted by atomic mass is 9.90. The summed E-state index contributed by atoms with van der Waals surface area (Å²) in [6, 6.07) is 47.6. The van der Waals surface area contributed by atoms with Gasteiger partial charge in [-0.2, -0.15) is 42.1 Å². The van der Waals surface area contributed by atoms with Gasteiger partial charge in [0.05, 0.1) is 44.5 Å². The van der Waals surface area contributed by atoms with Gasteiger partial charge < -0.3 is 19.7 Å². The fourth-order valence-corrected chi connectivity index (χ4v) is 5.71. The molecule has 12 heteroatoms. The van der Waals surface area contributed by atoms with Crippen molar-refractivity contribution in [1.29, 1.82) is 42.1 Å². The maximum Gasteiger partial charge on any atom is 0.128 e. The van der Waals surface area contributed by atoms with Crippen LogP contribution in [-0.4, -0.2) is 10.2 Å². The lowest BCUT2D eigenvalue weighted by Crippen LogP contribution is -2.07. The minimum Gasteiger partial charge on any atom is -0.457 e. The molecule has 0 saturated carbocycles. The molecule has 0 radical (unpaired) electrons. The summed E-state index contributed by atoms with van der Waals surface area (Å²) in [6.07, 6.45) is -2.26. The van der Waals surface area contributed by atoms with Gasteiger partial charge in [-0.05, 0) is 83.9 Å². The molecule has 12 nitrogen and oxygen atoms in total. The van der Waals surface area contributed by atoms with Gasteiger partial charge in [0, 0.05) is 11.1 Å². The zero-order valence-corrected chi connectivity index (χ0v) is 30.0. The summed E-state index contributed by atoms with van der Waals surface area (Å²) in [7, 11) is 0. The Morgan fingerprint density at radius 1 is 0.345 bits per heavy atom. The third-order valence-electron chi connectivity index (χ3n) is 8.53. The predicted octanol–water partition coefficient (Wildman–Crippen LogP) is 8.09. The van der Waals surface area contributed by atoms with E-state index in [0.717, 1.165) is 0 Å². The van der Waals surface area contributed by atoms with Crippen molar-refractivity contribution in [3.8, 4) is 71.6 Å². The molecule has 0 heterocycles. The van der Waals surface area contributed by atoms with Gasteiger partial charge in [0.2, 0.25) is 0 Å². The summed E-state index contributed by atoms with van der Waals surface area (Å²) in [5, 5.41) is 94.7. The molecule has 0 saturated heterocycles. The monoisotopic (exact) mass is 752 g/mol. The van der Waals surface area contributed by atoms with Crippen molar-refractivity contribution in [2.75, 3.05) is 0 Å². The third-order valence-corrected chi connectivity index (χ3v) is 8.53. The zero-order valence-electron chi connectivity index (χ0n) is 30.0. The molecular weight excluding hydrogens is 729 g/mol. The highest BCUT2D eigenvalue weighted by molar-refractivity contribution is 5.57. The average Bonchev–Trinajstić information content (AvgIpc) is 3.28. The normalized spacial score (nSPS) is 9.72. The van der Waals surface area contributed by atoms with E-state index >= 15 is 0 Å². The van der Waals surface area contributed by atoms with Crippen LogP contribution in [0, 0.1) is 90.6 Å². The molecule has 0 atom stereocenters. The van der Waals surface area contributed by atoms with E-state index in [1.807, 2.05) is 48.6 Å². The van der Waals surface area contributed by atoms with Gasteiger partial charge >= 0.3 is 0 Å². The molecule has 272 valence electrons. The number of aliphatic hydroxyl groups excluding tert-OH is 2. The fourth-order valence-electron chi connectivity index (χ4n) is 5.71. The van der Waals surface area contributed by atoms with Crippen molar-refractivity contribution >= 4 is 0 Å². The highest BCUT2D eigenvalue weighted by atomic mass is 16.5. The van der Waals surface area contributed by atoms with Gasteiger partial charge in [-0.3, -0.25) is 0 Å². The number of nitriles is 8. The smallest absolute Gasteiger partial charge is 0.128 e. The Labute approximate surface area is 332 Å². The minimum absolute atomic E-state index is 0.0590. The second-order valence-electron chi connectivity index (χ2n) is 12.0. The first-order valence-corrected chi connectivity index (χ1v) is 16.9. The third kappa shape index (κ3) is 8.92. The van der Waals surface area contributed by atoms with E-state index < -0.39 is 12.2 Å². The first-order chi connectivity index (χ1) is 28.2. The van der Waals surface area contributed by atoms with Crippen LogP contribution in [-0.2, 0) is 0 Å². The molecule has 0 amide bonds. The Bertz CT molecular complexity index is 2710. The van der Waals surface area contributed by atoms with Crippen LogP contribution < -0.4 is 9.47 Å².